The van der Waals surface area contributed by atoms with Gasteiger partial charge in [0, 0.05) is 7.05 Å². The minimum Gasteiger partial charge on any atom is -0.326 e. The Labute approximate surface area is 112 Å². The van der Waals surface area contributed by atoms with Gasteiger partial charge in [-0.05, 0) is 44.8 Å². The van der Waals surface area contributed by atoms with Gasteiger partial charge in [0.2, 0.25) is 5.91 Å². The van der Waals surface area contributed by atoms with Crippen LogP contribution in [0.15, 0.2) is 11.6 Å². The van der Waals surface area contributed by atoms with Crippen molar-refractivity contribution in [1.82, 2.24) is 10.2 Å². The molecule has 1 saturated heterocycles. The molecule has 1 amide bonds. The second-order valence-electron chi connectivity index (χ2n) is 4.72. The van der Waals surface area contributed by atoms with Crippen LogP contribution in [0.1, 0.15) is 32.6 Å². The predicted molar refractivity (Wildman–Crippen MR) is 75.8 cm³/mol. The molecule has 0 saturated carbocycles. The summed E-state index contributed by atoms with van der Waals surface area (Å²) >= 11 is 10.4. The minimum atomic E-state index is -0.702. The summed E-state index contributed by atoms with van der Waals surface area (Å²) in [4.78, 5) is 14.5. The average Bonchev–Trinajstić information content (AvgIpc) is 2.35. The Morgan fingerprint density at radius 3 is 2.71 bits per heavy atom. The summed E-state index contributed by atoms with van der Waals surface area (Å²) in [6, 6.07) is 0. The van der Waals surface area contributed by atoms with Crippen LogP contribution in [-0.4, -0.2) is 28.0 Å². The zero-order valence-electron chi connectivity index (χ0n) is 10.1. The molecule has 2 aliphatic rings. The molecule has 0 bridgehead atoms. The number of thiocarbonyl (C=S) groups is 2. The SMILES string of the molecule is CN1C(=O)C(C)(C2=CCCCC2)C(=S)NC1=S. The maximum atomic E-state index is 12.4. The van der Waals surface area contributed by atoms with Gasteiger partial charge < -0.3 is 5.32 Å². The molecule has 0 aromatic carbocycles. The van der Waals surface area contributed by atoms with E-state index in [2.05, 4.69) is 11.4 Å². The lowest BCUT2D eigenvalue weighted by molar-refractivity contribution is -0.131. The smallest absolute Gasteiger partial charge is 0.245 e. The monoisotopic (exact) mass is 268 g/mol. The van der Waals surface area contributed by atoms with E-state index < -0.39 is 5.41 Å². The third kappa shape index (κ3) is 1.91. The Bertz CT molecular complexity index is 430. The van der Waals surface area contributed by atoms with Crippen LogP contribution < -0.4 is 5.32 Å². The molecule has 1 aliphatic heterocycles. The topological polar surface area (TPSA) is 32.3 Å². The van der Waals surface area contributed by atoms with Crippen LogP contribution in [0, 0.1) is 5.41 Å². The highest BCUT2D eigenvalue weighted by molar-refractivity contribution is 7.82. The summed E-state index contributed by atoms with van der Waals surface area (Å²) in [7, 11) is 1.70. The van der Waals surface area contributed by atoms with Gasteiger partial charge in [0.15, 0.2) is 5.11 Å². The molecular formula is C12H16N2OS2. The Kier molecular flexibility index (Phi) is 3.32. The van der Waals surface area contributed by atoms with Crippen LogP contribution in [-0.2, 0) is 4.79 Å². The highest BCUT2D eigenvalue weighted by Gasteiger charge is 2.47. The first-order valence-electron chi connectivity index (χ1n) is 5.81. The number of carbonyl (C=O) groups is 1. The second-order valence-corrected chi connectivity index (χ2v) is 5.52. The van der Waals surface area contributed by atoms with Crippen LogP contribution in [0.3, 0.4) is 0 Å². The molecule has 1 aliphatic carbocycles. The van der Waals surface area contributed by atoms with Crippen molar-refractivity contribution in [2.24, 2.45) is 5.41 Å². The van der Waals surface area contributed by atoms with Crippen molar-refractivity contribution < 1.29 is 4.79 Å². The molecule has 92 valence electrons. The van der Waals surface area contributed by atoms with Crippen molar-refractivity contribution in [3.63, 3.8) is 0 Å². The molecule has 0 radical (unpaired) electrons. The third-order valence-electron chi connectivity index (χ3n) is 3.64. The van der Waals surface area contributed by atoms with Crippen LogP contribution >= 0.6 is 24.4 Å². The molecule has 1 atom stereocenters. The minimum absolute atomic E-state index is 0.0144. The molecule has 1 heterocycles. The molecule has 3 nitrogen and oxygen atoms in total. The molecule has 0 spiro atoms. The molecule has 1 N–H and O–H groups in total. The van der Waals surface area contributed by atoms with Gasteiger partial charge in [-0.1, -0.05) is 23.9 Å². The lowest BCUT2D eigenvalue weighted by Crippen LogP contribution is -2.61. The van der Waals surface area contributed by atoms with Gasteiger partial charge in [0.1, 0.15) is 10.4 Å². The van der Waals surface area contributed by atoms with E-state index in [0.717, 1.165) is 24.8 Å². The number of allylic oxidation sites excluding steroid dienone is 1. The molecular weight excluding hydrogens is 252 g/mol. The van der Waals surface area contributed by atoms with Gasteiger partial charge >= 0.3 is 0 Å². The summed E-state index contributed by atoms with van der Waals surface area (Å²) < 4.78 is 0. The number of hydrogen-bond donors (Lipinski definition) is 1. The summed E-state index contributed by atoms with van der Waals surface area (Å²) in [5.41, 5.74) is 0.438. The van der Waals surface area contributed by atoms with Crippen LogP contribution in [0.25, 0.3) is 0 Å². The van der Waals surface area contributed by atoms with Crippen LogP contribution in [0.5, 0.6) is 0 Å². The Morgan fingerprint density at radius 2 is 2.12 bits per heavy atom. The number of carbonyl (C=O) groups excluding carboxylic acids is 1. The van der Waals surface area contributed by atoms with E-state index in [4.69, 9.17) is 24.4 Å². The zero-order valence-corrected chi connectivity index (χ0v) is 11.7. The van der Waals surface area contributed by atoms with E-state index in [0.29, 0.717) is 10.1 Å². The standard InChI is InChI=1S/C12H16N2OS2/c1-12(8-6-4-3-5-7-8)9(16)13-11(17)14(2)10(12)15/h6H,3-5,7H2,1-2H3,(H,13,16,17). The molecule has 2 rings (SSSR count). The summed E-state index contributed by atoms with van der Waals surface area (Å²) in [6.45, 7) is 1.90. The van der Waals surface area contributed by atoms with Crippen molar-refractivity contribution in [1.29, 1.82) is 0 Å². The molecule has 5 heteroatoms. The highest BCUT2D eigenvalue weighted by Crippen LogP contribution is 2.38. The van der Waals surface area contributed by atoms with Crippen LogP contribution in [0.2, 0.25) is 0 Å². The summed E-state index contributed by atoms with van der Waals surface area (Å²) in [6.07, 6.45) is 6.48. The summed E-state index contributed by atoms with van der Waals surface area (Å²) in [5.74, 6) is -0.0144. The maximum Gasteiger partial charge on any atom is 0.245 e. The Hall–Kier alpha value is -0.810. The second kappa shape index (κ2) is 4.46. The van der Waals surface area contributed by atoms with E-state index in [1.807, 2.05) is 6.92 Å². The van der Waals surface area contributed by atoms with E-state index in [-0.39, 0.29) is 5.91 Å². The number of nitrogens with zero attached hydrogens (tertiary/aromatic N) is 1. The zero-order chi connectivity index (χ0) is 12.6. The Morgan fingerprint density at radius 1 is 1.41 bits per heavy atom. The largest absolute Gasteiger partial charge is 0.326 e. The van der Waals surface area contributed by atoms with Gasteiger partial charge in [-0.3, -0.25) is 9.69 Å². The lowest BCUT2D eigenvalue weighted by atomic mass is 9.75. The van der Waals surface area contributed by atoms with E-state index in [1.54, 1.807) is 7.05 Å². The first-order chi connectivity index (χ1) is 7.98. The molecule has 17 heavy (non-hydrogen) atoms. The van der Waals surface area contributed by atoms with Crippen molar-refractivity contribution in [2.75, 3.05) is 7.05 Å². The predicted octanol–water partition coefficient (Wildman–Crippen LogP) is 2.17. The average molecular weight is 268 g/mol. The van der Waals surface area contributed by atoms with Gasteiger partial charge in [0.25, 0.3) is 0 Å². The fourth-order valence-corrected chi connectivity index (χ4v) is 2.97. The van der Waals surface area contributed by atoms with Gasteiger partial charge in [-0.15, -0.1) is 0 Å². The molecule has 1 fully saturated rings. The third-order valence-corrected chi connectivity index (χ3v) is 4.53. The van der Waals surface area contributed by atoms with Gasteiger partial charge in [-0.2, -0.15) is 0 Å². The number of amides is 1. The van der Waals surface area contributed by atoms with Gasteiger partial charge in [0.05, 0.1) is 0 Å². The van der Waals surface area contributed by atoms with Crippen molar-refractivity contribution in [3.05, 3.63) is 11.6 Å². The maximum absolute atomic E-state index is 12.4. The fourth-order valence-electron chi connectivity index (χ4n) is 2.41. The molecule has 0 aromatic heterocycles. The van der Waals surface area contributed by atoms with Crippen molar-refractivity contribution in [3.8, 4) is 0 Å². The molecule has 1 unspecified atom stereocenters. The van der Waals surface area contributed by atoms with E-state index in [9.17, 15) is 4.79 Å². The number of nitrogens with one attached hydrogen (secondary N) is 1. The Balaban J connectivity index is 2.40. The summed E-state index contributed by atoms with van der Waals surface area (Å²) in [5, 5.41) is 3.37. The first kappa shape index (κ1) is 12.6. The molecule has 0 aromatic rings. The van der Waals surface area contributed by atoms with E-state index >= 15 is 0 Å². The van der Waals surface area contributed by atoms with Crippen molar-refractivity contribution in [2.45, 2.75) is 32.6 Å². The van der Waals surface area contributed by atoms with Gasteiger partial charge in [-0.25, -0.2) is 0 Å². The van der Waals surface area contributed by atoms with Crippen LogP contribution in [0.4, 0.5) is 0 Å². The first-order valence-corrected chi connectivity index (χ1v) is 6.62. The normalized spacial score (nSPS) is 30.1. The number of hydrogen-bond acceptors (Lipinski definition) is 3. The number of rotatable bonds is 1. The quantitative estimate of drug-likeness (QED) is 0.583. The van der Waals surface area contributed by atoms with E-state index in [1.165, 1.54) is 11.3 Å². The van der Waals surface area contributed by atoms with Crippen molar-refractivity contribution >= 4 is 40.4 Å². The fraction of sp³-hybridized carbons (Fsp3) is 0.583. The lowest BCUT2D eigenvalue weighted by Gasteiger charge is -2.41. The highest BCUT2D eigenvalue weighted by atomic mass is 32.1.